The Labute approximate surface area is 199 Å². The molecule has 2 aromatic carbocycles. The van der Waals surface area contributed by atoms with Crippen molar-refractivity contribution in [2.24, 2.45) is 5.92 Å². The van der Waals surface area contributed by atoms with Crippen LogP contribution in [-0.2, 0) is 11.3 Å². The number of Topliss-reactive ketones (excluding diaryl/α,β-unsaturated/α-hetero) is 1. The van der Waals surface area contributed by atoms with Crippen molar-refractivity contribution in [2.45, 2.75) is 32.7 Å². The predicted octanol–water partition coefficient (Wildman–Crippen LogP) is 5.27. The van der Waals surface area contributed by atoms with Gasteiger partial charge < -0.3 is 4.90 Å². The number of carbonyl (C=O) groups is 2. The van der Waals surface area contributed by atoms with Crippen molar-refractivity contribution in [3.63, 3.8) is 0 Å². The highest BCUT2D eigenvalue weighted by Gasteiger charge is 2.32. The molecule has 0 atom stereocenters. The van der Waals surface area contributed by atoms with E-state index in [2.05, 4.69) is 9.84 Å². The first-order valence-corrected chi connectivity index (χ1v) is 11.2. The fraction of sp³-hybridized carbons (Fsp3) is 0.375. The smallest absolute Gasteiger partial charge is 0.338 e. The topological polar surface area (TPSA) is 64.4 Å². The number of ether oxygens (including phenoxy) is 1. The number of ketones is 1. The van der Waals surface area contributed by atoms with Crippen LogP contribution in [0.15, 0.2) is 42.6 Å². The van der Waals surface area contributed by atoms with E-state index in [-0.39, 0.29) is 30.4 Å². The monoisotopic (exact) mass is 493 g/mol. The second kappa shape index (κ2) is 9.76. The molecule has 180 valence electrons. The van der Waals surface area contributed by atoms with Gasteiger partial charge in [0.1, 0.15) is 0 Å². The molecule has 1 amide bonds. The zero-order valence-electron chi connectivity index (χ0n) is 18.4. The highest BCUT2D eigenvalue weighted by Crippen LogP contribution is 2.25. The van der Waals surface area contributed by atoms with E-state index in [0.717, 1.165) is 16.5 Å². The van der Waals surface area contributed by atoms with Crippen molar-refractivity contribution in [1.82, 2.24) is 14.7 Å². The van der Waals surface area contributed by atoms with Gasteiger partial charge in [0.2, 0.25) is 0 Å². The number of fused-ring (bicyclic) bond motifs is 1. The van der Waals surface area contributed by atoms with E-state index in [1.165, 1.54) is 0 Å². The fourth-order valence-electron chi connectivity index (χ4n) is 4.12. The van der Waals surface area contributed by atoms with Gasteiger partial charge in [-0.05, 0) is 55.3 Å². The van der Waals surface area contributed by atoms with Crippen LogP contribution in [0.2, 0.25) is 5.02 Å². The average Bonchev–Trinajstić information content (AvgIpc) is 3.17. The third-order valence-electron chi connectivity index (χ3n) is 5.90. The summed E-state index contributed by atoms with van der Waals surface area (Å²) in [6.07, 6.45) is -2.86. The molecule has 1 fully saturated rings. The predicted molar refractivity (Wildman–Crippen MR) is 121 cm³/mol. The van der Waals surface area contributed by atoms with Crippen LogP contribution in [0.25, 0.3) is 10.9 Å². The first-order chi connectivity index (χ1) is 16.1. The van der Waals surface area contributed by atoms with E-state index in [4.69, 9.17) is 11.6 Å². The van der Waals surface area contributed by atoms with Crippen LogP contribution in [0.5, 0.6) is 0 Å². The van der Waals surface area contributed by atoms with Crippen molar-refractivity contribution in [3.05, 3.63) is 64.3 Å². The lowest BCUT2D eigenvalue weighted by atomic mass is 9.98. The van der Waals surface area contributed by atoms with Crippen LogP contribution < -0.4 is 0 Å². The third kappa shape index (κ3) is 5.59. The van der Waals surface area contributed by atoms with Gasteiger partial charge in [-0.1, -0.05) is 11.6 Å². The van der Waals surface area contributed by atoms with E-state index in [1.807, 2.05) is 17.8 Å². The van der Waals surface area contributed by atoms with E-state index >= 15 is 0 Å². The summed E-state index contributed by atoms with van der Waals surface area (Å²) in [7, 11) is 0. The summed E-state index contributed by atoms with van der Waals surface area (Å²) in [5.74, 6) is 0.00653. The van der Waals surface area contributed by atoms with Gasteiger partial charge in [-0.2, -0.15) is 5.10 Å². The Kier molecular flexibility index (Phi) is 6.95. The minimum atomic E-state index is -4.69. The Morgan fingerprint density at radius 3 is 2.53 bits per heavy atom. The maximum absolute atomic E-state index is 12.5. The molecule has 1 aliphatic heterocycles. The number of likely N-dealkylation sites (tertiary alicyclic amines) is 1. The van der Waals surface area contributed by atoms with Gasteiger partial charge in [-0.3, -0.25) is 19.0 Å². The largest absolute Gasteiger partial charge is 0.522 e. The molecule has 0 spiro atoms. The molecular weight excluding hydrogens is 471 g/mol. The SMILES string of the molecule is Cc1c(C(=O)CCCOC(F)(F)F)ccc2nn(CC3CN(C(=O)c4ccc(Cl)cc4)C3)cc12. The van der Waals surface area contributed by atoms with Gasteiger partial charge >= 0.3 is 6.36 Å². The molecule has 2 heterocycles. The zero-order valence-corrected chi connectivity index (χ0v) is 19.2. The zero-order chi connectivity index (χ0) is 24.5. The molecule has 1 aliphatic rings. The summed E-state index contributed by atoms with van der Waals surface area (Å²) in [6.45, 7) is 3.15. The maximum Gasteiger partial charge on any atom is 0.522 e. The summed E-state index contributed by atoms with van der Waals surface area (Å²) in [4.78, 5) is 26.8. The van der Waals surface area contributed by atoms with Crippen molar-refractivity contribution in [1.29, 1.82) is 0 Å². The van der Waals surface area contributed by atoms with E-state index < -0.39 is 13.0 Å². The van der Waals surface area contributed by atoms with Crippen LogP contribution in [0.4, 0.5) is 13.2 Å². The van der Waals surface area contributed by atoms with Gasteiger partial charge in [0, 0.05) is 59.7 Å². The molecule has 0 bridgehead atoms. The normalized spacial score (nSPS) is 14.4. The second-order valence-corrected chi connectivity index (χ2v) is 8.86. The van der Waals surface area contributed by atoms with Crippen molar-refractivity contribution < 1.29 is 27.5 Å². The van der Waals surface area contributed by atoms with Crippen LogP contribution >= 0.6 is 11.6 Å². The third-order valence-corrected chi connectivity index (χ3v) is 6.15. The molecule has 3 aromatic rings. The number of rotatable bonds is 8. The van der Waals surface area contributed by atoms with Crippen LogP contribution in [0.1, 0.15) is 39.1 Å². The molecule has 0 radical (unpaired) electrons. The summed E-state index contributed by atoms with van der Waals surface area (Å²) in [5, 5.41) is 5.99. The van der Waals surface area contributed by atoms with Crippen molar-refractivity contribution >= 4 is 34.2 Å². The van der Waals surface area contributed by atoms with Gasteiger partial charge in [-0.15, -0.1) is 13.2 Å². The Morgan fingerprint density at radius 2 is 1.85 bits per heavy atom. The molecule has 0 unspecified atom stereocenters. The van der Waals surface area contributed by atoms with Gasteiger partial charge in [-0.25, -0.2) is 0 Å². The number of amides is 1. The van der Waals surface area contributed by atoms with Crippen LogP contribution in [-0.4, -0.2) is 52.4 Å². The van der Waals surface area contributed by atoms with Crippen LogP contribution in [0, 0.1) is 12.8 Å². The summed E-state index contributed by atoms with van der Waals surface area (Å²) in [6, 6.07) is 10.2. The summed E-state index contributed by atoms with van der Waals surface area (Å²) in [5.41, 5.74) is 2.56. The maximum atomic E-state index is 12.5. The van der Waals surface area contributed by atoms with Crippen LogP contribution in [0.3, 0.4) is 0 Å². The molecule has 1 aromatic heterocycles. The van der Waals surface area contributed by atoms with Crippen molar-refractivity contribution in [3.8, 4) is 0 Å². The number of halogens is 4. The fourth-order valence-corrected chi connectivity index (χ4v) is 4.25. The standard InChI is InChI=1S/C24H23ClF3N3O3/c1-15-19(22(32)3-2-10-34-24(26,27)28)8-9-21-20(15)14-31(29-21)13-16-11-30(12-16)23(33)17-4-6-18(25)7-5-17/h4-9,14,16H,2-3,10-13H2,1H3. The number of alkyl halides is 3. The Morgan fingerprint density at radius 1 is 1.15 bits per heavy atom. The summed E-state index contributed by atoms with van der Waals surface area (Å²) >= 11 is 5.88. The number of hydrogen-bond donors (Lipinski definition) is 0. The number of benzene rings is 2. The minimum absolute atomic E-state index is 0.0119. The molecule has 4 rings (SSSR count). The number of aromatic nitrogens is 2. The Bertz CT molecular complexity index is 1200. The first-order valence-electron chi connectivity index (χ1n) is 10.9. The number of aryl methyl sites for hydroxylation is 1. The van der Waals surface area contributed by atoms with E-state index in [9.17, 15) is 22.8 Å². The quantitative estimate of drug-likeness (QED) is 0.317. The lowest BCUT2D eigenvalue weighted by molar-refractivity contribution is -0.324. The lowest BCUT2D eigenvalue weighted by Crippen LogP contribution is -2.51. The van der Waals surface area contributed by atoms with E-state index in [0.29, 0.717) is 35.8 Å². The Hall–Kier alpha value is -2.91. The van der Waals surface area contributed by atoms with Gasteiger partial charge in [0.05, 0.1) is 12.1 Å². The Balaban J connectivity index is 1.34. The first kappa shape index (κ1) is 24.2. The molecular formula is C24H23ClF3N3O3. The van der Waals surface area contributed by atoms with Gasteiger partial charge in [0.15, 0.2) is 5.78 Å². The second-order valence-electron chi connectivity index (χ2n) is 8.43. The minimum Gasteiger partial charge on any atom is -0.338 e. The average molecular weight is 494 g/mol. The number of hydrogen-bond acceptors (Lipinski definition) is 4. The lowest BCUT2D eigenvalue weighted by Gasteiger charge is -2.39. The molecule has 6 nitrogen and oxygen atoms in total. The van der Waals surface area contributed by atoms with E-state index in [1.54, 1.807) is 41.3 Å². The molecule has 0 N–H and O–H groups in total. The molecule has 0 aliphatic carbocycles. The molecule has 1 saturated heterocycles. The van der Waals surface area contributed by atoms with Crippen molar-refractivity contribution in [2.75, 3.05) is 19.7 Å². The highest BCUT2D eigenvalue weighted by atomic mass is 35.5. The summed E-state index contributed by atoms with van der Waals surface area (Å²) < 4.78 is 41.8. The molecule has 0 saturated carbocycles. The number of carbonyl (C=O) groups excluding carboxylic acids is 2. The molecule has 34 heavy (non-hydrogen) atoms. The highest BCUT2D eigenvalue weighted by molar-refractivity contribution is 6.30. The number of nitrogens with zero attached hydrogens (tertiary/aromatic N) is 3. The van der Waals surface area contributed by atoms with Gasteiger partial charge in [0.25, 0.3) is 5.91 Å². The molecule has 10 heteroatoms.